The first-order chi connectivity index (χ1) is 7.27. The molecule has 0 fully saturated rings. The van der Waals surface area contributed by atoms with Gasteiger partial charge in [0, 0.05) is 12.6 Å². The average molecular weight is 210 g/mol. The molecule has 5 heteroatoms. The second kappa shape index (κ2) is 5.98. The van der Waals surface area contributed by atoms with Gasteiger partial charge in [-0.2, -0.15) is 0 Å². The van der Waals surface area contributed by atoms with Crippen LogP contribution in [0, 0.1) is 0 Å². The minimum atomic E-state index is -0.448. The molecule has 0 saturated carbocycles. The summed E-state index contributed by atoms with van der Waals surface area (Å²) in [6, 6.07) is 4.93. The Morgan fingerprint density at radius 2 is 2.33 bits per heavy atom. The van der Waals surface area contributed by atoms with Crippen molar-refractivity contribution in [2.75, 3.05) is 19.8 Å². The number of hydrogen-bond donors (Lipinski definition) is 1. The molecule has 0 unspecified atom stereocenters. The maximum Gasteiger partial charge on any atom is 0.357 e. The van der Waals surface area contributed by atoms with Gasteiger partial charge in [-0.05, 0) is 13.0 Å². The topological polar surface area (TPSA) is 74.4 Å². The molecule has 0 spiro atoms. The van der Waals surface area contributed by atoms with Crippen LogP contribution in [0.3, 0.4) is 0 Å². The molecule has 0 atom stereocenters. The molecule has 1 aromatic rings. The van der Waals surface area contributed by atoms with Crippen LogP contribution in [0.1, 0.15) is 17.4 Å². The largest absolute Gasteiger partial charge is 0.476 e. The first-order valence-corrected chi connectivity index (χ1v) is 4.75. The standard InChI is InChI=1S/C10H14N2O3/c1-2-14-10(13)8-4-3-5-9(12-8)15-7-6-11/h3-5H,2,6-7,11H2,1H3. The molecule has 0 aliphatic heterocycles. The second-order valence-electron chi connectivity index (χ2n) is 2.72. The van der Waals surface area contributed by atoms with E-state index in [4.69, 9.17) is 15.2 Å². The lowest BCUT2D eigenvalue weighted by molar-refractivity contribution is 0.0518. The molecule has 2 N–H and O–H groups in total. The van der Waals surface area contributed by atoms with E-state index in [9.17, 15) is 4.79 Å². The van der Waals surface area contributed by atoms with Gasteiger partial charge >= 0.3 is 5.97 Å². The predicted molar refractivity (Wildman–Crippen MR) is 54.7 cm³/mol. The molecule has 0 saturated heterocycles. The van der Waals surface area contributed by atoms with Gasteiger partial charge in [0.05, 0.1) is 6.61 Å². The molecule has 0 aliphatic carbocycles. The third-order valence-electron chi connectivity index (χ3n) is 1.58. The molecule has 1 heterocycles. The Bertz CT molecular complexity index is 328. The van der Waals surface area contributed by atoms with Crippen LogP contribution in [0.4, 0.5) is 0 Å². The monoisotopic (exact) mass is 210 g/mol. The molecule has 15 heavy (non-hydrogen) atoms. The van der Waals surface area contributed by atoms with Crippen LogP contribution in [0.25, 0.3) is 0 Å². The quantitative estimate of drug-likeness (QED) is 0.720. The summed E-state index contributed by atoms with van der Waals surface area (Å²) in [5.41, 5.74) is 5.52. The fourth-order valence-electron chi connectivity index (χ4n) is 0.977. The summed E-state index contributed by atoms with van der Waals surface area (Å²) in [6.45, 7) is 2.85. The minimum Gasteiger partial charge on any atom is -0.476 e. The van der Waals surface area contributed by atoms with Crippen LogP contribution in [-0.4, -0.2) is 30.7 Å². The molecule has 0 bridgehead atoms. The van der Waals surface area contributed by atoms with Crippen LogP contribution in [-0.2, 0) is 4.74 Å². The molecular formula is C10H14N2O3. The van der Waals surface area contributed by atoms with Crippen LogP contribution in [0.5, 0.6) is 5.88 Å². The summed E-state index contributed by atoms with van der Waals surface area (Å²) in [5, 5.41) is 0. The van der Waals surface area contributed by atoms with Gasteiger partial charge in [0.25, 0.3) is 0 Å². The molecule has 1 rings (SSSR count). The summed E-state index contributed by atoms with van der Waals surface area (Å²) in [5.74, 6) is -0.0679. The van der Waals surface area contributed by atoms with Crippen molar-refractivity contribution < 1.29 is 14.3 Å². The van der Waals surface area contributed by atoms with Crippen molar-refractivity contribution in [2.24, 2.45) is 5.73 Å². The van der Waals surface area contributed by atoms with Crippen molar-refractivity contribution in [3.63, 3.8) is 0 Å². The van der Waals surface area contributed by atoms with E-state index >= 15 is 0 Å². The number of nitrogens with zero attached hydrogens (tertiary/aromatic N) is 1. The lowest BCUT2D eigenvalue weighted by Crippen LogP contribution is -2.12. The zero-order chi connectivity index (χ0) is 11.1. The summed E-state index contributed by atoms with van der Waals surface area (Å²) < 4.78 is 9.99. The Morgan fingerprint density at radius 1 is 1.53 bits per heavy atom. The number of esters is 1. The third kappa shape index (κ3) is 3.55. The first kappa shape index (κ1) is 11.5. The van der Waals surface area contributed by atoms with Crippen molar-refractivity contribution in [2.45, 2.75) is 6.92 Å². The summed E-state index contributed by atoms with van der Waals surface area (Å²) >= 11 is 0. The molecule has 5 nitrogen and oxygen atoms in total. The van der Waals surface area contributed by atoms with E-state index < -0.39 is 5.97 Å². The van der Waals surface area contributed by atoms with Crippen molar-refractivity contribution in [1.29, 1.82) is 0 Å². The van der Waals surface area contributed by atoms with Crippen LogP contribution in [0.15, 0.2) is 18.2 Å². The number of nitrogens with two attached hydrogens (primary N) is 1. The summed E-state index contributed by atoms with van der Waals surface area (Å²) in [6.07, 6.45) is 0. The Labute approximate surface area is 88.2 Å². The molecule has 0 amide bonds. The number of ether oxygens (including phenoxy) is 2. The highest BCUT2D eigenvalue weighted by atomic mass is 16.5. The van der Waals surface area contributed by atoms with E-state index in [1.165, 1.54) is 0 Å². The summed E-state index contributed by atoms with van der Waals surface area (Å²) in [7, 11) is 0. The average Bonchev–Trinajstić information content (AvgIpc) is 2.27. The van der Waals surface area contributed by atoms with Gasteiger partial charge in [0.1, 0.15) is 6.61 Å². The Morgan fingerprint density at radius 3 is 3.00 bits per heavy atom. The van der Waals surface area contributed by atoms with E-state index in [1.807, 2.05) is 0 Å². The number of aromatic nitrogens is 1. The second-order valence-corrected chi connectivity index (χ2v) is 2.72. The lowest BCUT2D eigenvalue weighted by Gasteiger charge is -2.05. The van der Waals surface area contributed by atoms with Crippen molar-refractivity contribution in [3.8, 4) is 5.88 Å². The predicted octanol–water partition coefficient (Wildman–Crippen LogP) is 0.596. The first-order valence-electron chi connectivity index (χ1n) is 4.75. The van der Waals surface area contributed by atoms with Gasteiger partial charge in [0.2, 0.25) is 5.88 Å². The SMILES string of the molecule is CCOC(=O)c1cccc(OCCN)n1. The number of rotatable bonds is 5. The molecule has 0 aromatic carbocycles. The van der Waals surface area contributed by atoms with Gasteiger partial charge in [-0.3, -0.25) is 0 Å². The highest BCUT2D eigenvalue weighted by molar-refractivity contribution is 5.87. The highest BCUT2D eigenvalue weighted by Crippen LogP contribution is 2.08. The number of pyridine rings is 1. The van der Waals surface area contributed by atoms with E-state index in [1.54, 1.807) is 25.1 Å². The van der Waals surface area contributed by atoms with E-state index in [2.05, 4.69) is 4.98 Å². The number of carbonyl (C=O) groups excluding carboxylic acids is 1. The van der Waals surface area contributed by atoms with Crippen molar-refractivity contribution in [3.05, 3.63) is 23.9 Å². The fraction of sp³-hybridized carbons (Fsp3) is 0.400. The number of carbonyl (C=O) groups is 1. The third-order valence-corrected chi connectivity index (χ3v) is 1.58. The van der Waals surface area contributed by atoms with Gasteiger partial charge in [0.15, 0.2) is 5.69 Å². The van der Waals surface area contributed by atoms with Gasteiger partial charge in [-0.25, -0.2) is 9.78 Å². The number of hydrogen-bond acceptors (Lipinski definition) is 5. The van der Waals surface area contributed by atoms with E-state index in [-0.39, 0.29) is 5.69 Å². The lowest BCUT2D eigenvalue weighted by atomic mass is 10.3. The van der Waals surface area contributed by atoms with Crippen molar-refractivity contribution >= 4 is 5.97 Å². The zero-order valence-corrected chi connectivity index (χ0v) is 8.60. The minimum absolute atomic E-state index is 0.242. The van der Waals surface area contributed by atoms with Crippen LogP contribution < -0.4 is 10.5 Å². The van der Waals surface area contributed by atoms with Crippen LogP contribution >= 0.6 is 0 Å². The van der Waals surface area contributed by atoms with E-state index in [0.717, 1.165) is 0 Å². The normalized spacial score (nSPS) is 9.73. The Kier molecular flexibility index (Phi) is 4.56. The van der Waals surface area contributed by atoms with Crippen LogP contribution in [0.2, 0.25) is 0 Å². The summed E-state index contributed by atoms with van der Waals surface area (Å²) in [4.78, 5) is 15.3. The van der Waals surface area contributed by atoms with E-state index in [0.29, 0.717) is 25.6 Å². The maximum absolute atomic E-state index is 11.3. The Balaban J connectivity index is 2.69. The van der Waals surface area contributed by atoms with Gasteiger partial charge < -0.3 is 15.2 Å². The smallest absolute Gasteiger partial charge is 0.357 e. The maximum atomic E-state index is 11.3. The van der Waals surface area contributed by atoms with Gasteiger partial charge in [-0.15, -0.1) is 0 Å². The fourth-order valence-corrected chi connectivity index (χ4v) is 0.977. The molecule has 82 valence electrons. The Hall–Kier alpha value is -1.62. The van der Waals surface area contributed by atoms with Gasteiger partial charge in [-0.1, -0.05) is 6.07 Å². The molecular weight excluding hydrogens is 196 g/mol. The molecule has 0 radical (unpaired) electrons. The molecule has 1 aromatic heterocycles. The molecule has 0 aliphatic rings. The highest BCUT2D eigenvalue weighted by Gasteiger charge is 2.08. The zero-order valence-electron chi connectivity index (χ0n) is 8.60. The van der Waals surface area contributed by atoms with Crippen molar-refractivity contribution in [1.82, 2.24) is 4.98 Å².